The highest BCUT2D eigenvalue weighted by Gasteiger charge is 2.57. The van der Waals surface area contributed by atoms with Crippen LogP contribution >= 0.6 is 22.6 Å². The molecule has 0 radical (unpaired) electrons. The number of para-hydroxylation sites is 1. The summed E-state index contributed by atoms with van der Waals surface area (Å²) in [5, 5.41) is 21.3. The Morgan fingerprint density at radius 2 is 1.77 bits per heavy atom. The lowest BCUT2D eigenvalue weighted by atomic mass is 9.58. The first kappa shape index (κ1) is 30.6. The third-order valence-electron chi connectivity index (χ3n) is 9.18. The van der Waals surface area contributed by atoms with Crippen LogP contribution in [0.15, 0.2) is 83.9 Å². The van der Waals surface area contributed by atoms with E-state index >= 15 is 0 Å². The normalized spacial score (nSPS) is 23.6. The summed E-state index contributed by atoms with van der Waals surface area (Å²) in [6, 6.07) is 23.0. The van der Waals surface area contributed by atoms with Gasteiger partial charge in [-0.15, -0.1) is 0 Å². The van der Waals surface area contributed by atoms with E-state index in [4.69, 9.17) is 9.39 Å². The van der Waals surface area contributed by atoms with Crippen molar-refractivity contribution in [2.75, 3.05) is 12.0 Å². The number of amides is 2. The Kier molecular flexibility index (Phi) is 8.98. The predicted molar refractivity (Wildman–Crippen MR) is 180 cm³/mol. The van der Waals surface area contributed by atoms with Gasteiger partial charge < -0.3 is 19.5 Å². The lowest BCUT2D eigenvalue weighted by Crippen LogP contribution is -2.46. The van der Waals surface area contributed by atoms with E-state index in [-0.39, 0.29) is 29.6 Å². The van der Waals surface area contributed by atoms with Crippen LogP contribution in [0.25, 0.3) is 11.6 Å². The van der Waals surface area contributed by atoms with Crippen LogP contribution in [-0.4, -0.2) is 42.3 Å². The SMILES string of the molecule is CCC1=C2[C@@H](CC/C(=C/c3cc(I)c(O)c(OC)c3)c3ccccc3)OB(O)C[C@@H]2[C@@H]2C(=O)N(c3ccccc3)C(=O)[C@@H]2C1. The summed E-state index contributed by atoms with van der Waals surface area (Å²) in [6.07, 6.45) is 4.54. The van der Waals surface area contributed by atoms with Crippen LogP contribution in [0.5, 0.6) is 11.5 Å². The van der Waals surface area contributed by atoms with Crippen LogP contribution in [0.3, 0.4) is 0 Å². The van der Waals surface area contributed by atoms with Gasteiger partial charge in [0.2, 0.25) is 11.8 Å². The molecule has 0 aromatic heterocycles. The molecular weight excluding hydrogens is 668 g/mol. The Hall–Kier alpha value is -3.41. The third kappa shape index (κ3) is 5.73. The molecule has 2 fully saturated rings. The van der Waals surface area contributed by atoms with Gasteiger partial charge in [-0.05, 0) is 107 Å². The van der Waals surface area contributed by atoms with Crippen LogP contribution < -0.4 is 9.64 Å². The van der Waals surface area contributed by atoms with E-state index in [0.29, 0.717) is 40.6 Å². The number of benzene rings is 3. The van der Waals surface area contributed by atoms with E-state index in [1.807, 2.05) is 48.5 Å². The molecule has 7 nitrogen and oxygen atoms in total. The van der Waals surface area contributed by atoms with Crippen molar-refractivity contribution in [1.82, 2.24) is 0 Å². The zero-order chi connectivity index (χ0) is 31.0. The number of fused-ring (bicyclic) bond motifs is 3. The van der Waals surface area contributed by atoms with E-state index in [0.717, 1.165) is 34.3 Å². The molecule has 3 aliphatic rings. The fourth-order valence-electron chi connectivity index (χ4n) is 7.21. The molecule has 3 aromatic carbocycles. The number of phenols is 1. The highest BCUT2D eigenvalue weighted by atomic mass is 127. The van der Waals surface area contributed by atoms with Crippen LogP contribution in [0, 0.1) is 21.3 Å². The number of rotatable bonds is 8. The zero-order valence-corrected chi connectivity index (χ0v) is 26.9. The van der Waals surface area contributed by atoms with Crippen LogP contribution in [0.4, 0.5) is 5.69 Å². The molecular formula is C35H35BINO6. The summed E-state index contributed by atoms with van der Waals surface area (Å²) in [4.78, 5) is 28.9. The molecule has 3 aromatic rings. The molecule has 0 bridgehead atoms. The third-order valence-corrected chi connectivity index (χ3v) is 10.0. The molecule has 44 heavy (non-hydrogen) atoms. The number of hydrogen-bond donors (Lipinski definition) is 2. The fourth-order valence-corrected chi connectivity index (χ4v) is 7.83. The average molecular weight is 703 g/mol. The van der Waals surface area contributed by atoms with Crippen molar-refractivity contribution in [2.45, 2.75) is 45.0 Å². The van der Waals surface area contributed by atoms with Crippen molar-refractivity contribution < 1.29 is 29.1 Å². The van der Waals surface area contributed by atoms with Gasteiger partial charge in [-0.3, -0.25) is 14.5 Å². The quantitative estimate of drug-likeness (QED) is 0.0888. The van der Waals surface area contributed by atoms with Crippen molar-refractivity contribution in [3.63, 3.8) is 0 Å². The Bertz CT molecular complexity index is 1620. The highest BCUT2D eigenvalue weighted by Crippen LogP contribution is 2.52. The number of halogens is 1. The number of aromatic hydroxyl groups is 1. The molecule has 0 unspecified atom stereocenters. The number of allylic oxidation sites excluding steroid dienone is 2. The van der Waals surface area contributed by atoms with E-state index < -0.39 is 19.0 Å². The van der Waals surface area contributed by atoms with Crippen molar-refractivity contribution >= 4 is 58.9 Å². The summed E-state index contributed by atoms with van der Waals surface area (Å²) in [6.45, 7) is 2.09. The summed E-state index contributed by atoms with van der Waals surface area (Å²) in [5.41, 5.74) is 5.87. The van der Waals surface area contributed by atoms with Crippen molar-refractivity contribution in [3.8, 4) is 11.5 Å². The minimum absolute atomic E-state index is 0.113. The molecule has 6 rings (SSSR count). The second-order valence-corrected chi connectivity index (χ2v) is 12.8. The molecule has 0 saturated carbocycles. The maximum Gasteiger partial charge on any atom is 0.455 e. The summed E-state index contributed by atoms with van der Waals surface area (Å²) < 4.78 is 12.3. The number of nitrogens with zero attached hydrogens (tertiary/aromatic N) is 1. The fraction of sp³-hybridized carbons (Fsp3) is 0.314. The summed E-state index contributed by atoms with van der Waals surface area (Å²) >= 11 is 2.10. The van der Waals surface area contributed by atoms with E-state index in [1.165, 1.54) is 12.0 Å². The number of methoxy groups -OCH3 is 1. The predicted octanol–water partition coefficient (Wildman–Crippen LogP) is 6.74. The largest absolute Gasteiger partial charge is 0.504 e. The number of carbonyl (C=O) groups excluding carboxylic acids is 2. The van der Waals surface area contributed by atoms with E-state index in [2.05, 4.69) is 47.7 Å². The standard InChI is InChI=1S/C35H35BINO6/c1-3-22-19-26-32(35(41)38(34(26)40)25-12-8-5-9-13-25)27-20-36(42)44-29(31(22)27)15-14-24(23-10-6-4-7-11-23)16-21-17-28(37)33(39)30(18-21)43-2/h4-13,16-18,26-27,29,32,39,42H,3,14-15,19-20H2,1-2H3/b24-16-/t26-,27+,29-,32-/m1/s1. The lowest BCUT2D eigenvalue weighted by Gasteiger charge is -2.43. The van der Waals surface area contributed by atoms with Crippen LogP contribution in [-0.2, 0) is 14.2 Å². The van der Waals surface area contributed by atoms with Crippen molar-refractivity contribution in [2.24, 2.45) is 17.8 Å². The first-order valence-electron chi connectivity index (χ1n) is 15.1. The van der Waals surface area contributed by atoms with E-state index in [9.17, 15) is 19.7 Å². The molecule has 0 spiro atoms. The lowest BCUT2D eigenvalue weighted by molar-refractivity contribution is -0.122. The van der Waals surface area contributed by atoms with Crippen molar-refractivity contribution in [3.05, 3.63) is 98.6 Å². The van der Waals surface area contributed by atoms with Gasteiger partial charge in [-0.2, -0.15) is 0 Å². The number of carbonyl (C=O) groups is 2. The minimum Gasteiger partial charge on any atom is -0.504 e. The number of ether oxygens (including phenoxy) is 1. The topological polar surface area (TPSA) is 96.3 Å². The van der Waals surface area contributed by atoms with Gasteiger partial charge in [0.05, 0.1) is 34.3 Å². The Morgan fingerprint density at radius 3 is 2.45 bits per heavy atom. The molecule has 226 valence electrons. The summed E-state index contributed by atoms with van der Waals surface area (Å²) in [7, 11) is 0.514. The monoisotopic (exact) mass is 703 g/mol. The highest BCUT2D eigenvalue weighted by molar-refractivity contribution is 14.1. The van der Waals surface area contributed by atoms with Crippen LogP contribution in [0.1, 0.15) is 43.7 Å². The molecule has 1 aliphatic carbocycles. The second kappa shape index (κ2) is 12.9. The zero-order valence-electron chi connectivity index (χ0n) is 24.8. The number of imide groups is 1. The Balaban J connectivity index is 1.32. The maximum absolute atomic E-state index is 13.9. The summed E-state index contributed by atoms with van der Waals surface area (Å²) in [5.74, 6) is -1.00. The first-order chi connectivity index (χ1) is 21.3. The van der Waals surface area contributed by atoms with Gasteiger partial charge in [0, 0.05) is 0 Å². The Morgan fingerprint density at radius 1 is 1.07 bits per heavy atom. The molecule has 2 aliphatic heterocycles. The average Bonchev–Trinajstić information content (AvgIpc) is 3.29. The smallest absolute Gasteiger partial charge is 0.455 e. The number of anilines is 1. The van der Waals surface area contributed by atoms with Gasteiger partial charge >= 0.3 is 7.12 Å². The molecule has 2 N–H and O–H groups in total. The molecule has 2 amide bonds. The van der Waals surface area contributed by atoms with Gasteiger partial charge in [0.15, 0.2) is 11.5 Å². The minimum atomic E-state index is -1.02. The number of phenolic OH excluding ortho intramolecular Hbond substituents is 1. The molecule has 9 heteroatoms. The molecule has 2 heterocycles. The van der Waals surface area contributed by atoms with Gasteiger partial charge in [0.25, 0.3) is 0 Å². The van der Waals surface area contributed by atoms with Gasteiger partial charge in [0.1, 0.15) is 0 Å². The number of hydrogen-bond acceptors (Lipinski definition) is 6. The second-order valence-electron chi connectivity index (χ2n) is 11.6. The van der Waals surface area contributed by atoms with Crippen molar-refractivity contribution in [1.29, 1.82) is 0 Å². The Labute approximate surface area is 271 Å². The molecule has 2 saturated heterocycles. The molecule has 4 atom stereocenters. The maximum atomic E-state index is 13.9. The van der Waals surface area contributed by atoms with Crippen LogP contribution in [0.2, 0.25) is 6.32 Å². The van der Waals surface area contributed by atoms with Gasteiger partial charge in [-0.1, -0.05) is 67.1 Å². The van der Waals surface area contributed by atoms with E-state index in [1.54, 1.807) is 12.1 Å². The first-order valence-corrected chi connectivity index (χ1v) is 16.2. The van der Waals surface area contributed by atoms with Gasteiger partial charge in [-0.25, -0.2) is 0 Å².